The molecule has 0 bridgehead atoms. The van der Waals surface area contributed by atoms with Crippen LogP contribution in [0, 0.1) is 0 Å². The van der Waals surface area contributed by atoms with Gasteiger partial charge in [-0.3, -0.25) is 0 Å². The normalized spacial score (nSPS) is 10.9. The Morgan fingerprint density at radius 2 is 1.39 bits per heavy atom. The van der Waals surface area contributed by atoms with E-state index in [1.807, 2.05) is 54.6 Å². The van der Waals surface area contributed by atoms with Gasteiger partial charge in [0.1, 0.15) is 5.60 Å². The largest absolute Gasteiger partial charge is 0.377 e. The van der Waals surface area contributed by atoms with Crippen LogP contribution in [0.5, 0.6) is 0 Å². The van der Waals surface area contributed by atoms with Crippen molar-refractivity contribution >= 4 is 0 Å². The molecule has 0 aliphatic rings. The van der Waals surface area contributed by atoms with Gasteiger partial charge in [0, 0.05) is 0 Å². The summed E-state index contributed by atoms with van der Waals surface area (Å²) in [4.78, 5) is 0. The summed E-state index contributed by atoms with van der Waals surface area (Å²) in [6, 6.07) is 17.7. The van der Waals surface area contributed by atoms with Gasteiger partial charge in [-0.15, -0.1) is 0 Å². The highest BCUT2D eigenvalue weighted by Crippen LogP contribution is 2.33. The van der Waals surface area contributed by atoms with Crippen LogP contribution in [0.15, 0.2) is 79.9 Å². The maximum atomic E-state index is 10.5. The van der Waals surface area contributed by atoms with Crippen LogP contribution in [0.25, 0.3) is 11.1 Å². The monoisotopic (exact) mass is 236 g/mol. The number of benzene rings is 2. The van der Waals surface area contributed by atoms with Crippen molar-refractivity contribution in [3.63, 3.8) is 0 Å². The fourth-order valence-electron chi connectivity index (χ4n) is 2.01. The van der Waals surface area contributed by atoms with E-state index in [0.717, 1.165) is 16.7 Å². The van der Waals surface area contributed by atoms with Crippen molar-refractivity contribution in [2.45, 2.75) is 5.60 Å². The molecule has 2 aromatic carbocycles. The van der Waals surface area contributed by atoms with E-state index in [2.05, 4.69) is 13.2 Å². The number of hydrogen-bond acceptors (Lipinski definition) is 1. The van der Waals surface area contributed by atoms with Crippen molar-refractivity contribution in [1.82, 2.24) is 0 Å². The number of rotatable bonds is 4. The molecule has 0 aromatic heterocycles. The highest BCUT2D eigenvalue weighted by molar-refractivity contribution is 5.69. The summed E-state index contributed by atoms with van der Waals surface area (Å²) in [7, 11) is 0. The molecule has 1 nitrogen and oxygen atoms in total. The van der Waals surface area contributed by atoms with Crippen LogP contribution < -0.4 is 0 Å². The molecule has 0 unspecified atom stereocenters. The molecular weight excluding hydrogens is 220 g/mol. The van der Waals surface area contributed by atoms with Crippen molar-refractivity contribution in [3.8, 4) is 11.1 Å². The van der Waals surface area contributed by atoms with E-state index in [1.165, 1.54) is 12.2 Å². The zero-order chi connectivity index (χ0) is 13.0. The highest BCUT2D eigenvalue weighted by atomic mass is 16.3. The topological polar surface area (TPSA) is 20.2 Å². The van der Waals surface area contributed by atoms with Gasteiger partial charge < -0.3 is 5.11 Å². The smallest absolute Gasteiger partial charge is 0.126 e. The van der Waals surface area contributed by atoms with E-state index >= 15 is 0 Å². The first-order valence-electron chi connectivity index (χ1n) is 5.86. The molecule has 0 amide bonds. The molecule has 2 rings (SSSR count). The lowest BCUT2D eigenvalue weighted by Crippen LogP contribution is -2.19. The lowest BCUT2D eigenvalue weighted by atomic mass is 9.87. The van der Waals surface area contributed by atoms with Crippen LogP contribution in [0.2, 0.25) is 0 Å². The number of hydrogen-bond donors (Lipinski definition) is 1. The third-order valence-corrected chi connectivity index (χ3v) is 3.07. The van der Waals surface area contributed by atoms with Gasteiger partial charge in [-0.2, -0.15) is 0 Å². The summed E-state index contributed by atoms with van der Waals surface area (Å²) >= 11 is 0. The molecule has 1 N–H and O–H groups in total. The maximum absolute atomic E-state index is 10.5. The first-order chi connectivity index (χ1) is 8.71. The molecule has 90 valence electrons. The molecule has 0 radical (unpaired) electrons. The average molecular weight is 236 g/mol. The van der Waals surface area contributed by atoms with Crippen molar-refractivity contribution < 1.29 is 5.11 Å². The molecule has 0 aliphatic heterocycles. The Morgan fingerprint density at radius 3 is 2.00 bits per heavy atom. The first-order valence-corrected chi connectivity index (χ1v) is 5.86. The second-order valence-electron chi connectivity index (χ2n) is 4.15. The van der Waals surface area contributed by atoms with Gasteiger partial charge >= 0.3 is 0 Å². The second kappa shape index (κ2) is 5.03. The van der Waals surface area contributed by atoms with Crippen LogP contribution in [-0.4, -0.2) is 5.11 Å². The molecule has 2 aromatic rings. The Kier molecular flexibility index (Phi) is 3.45. The van der Waals surface area contributed by atoms with E-state index in [9.17, 15) is 5.11 Å². The molecule has 0 fully saturated rings. The van der Waals surface area contributed by atoms with Crippen molar-refractivity contribution in [2.24, 2.45) is 0 Å². The van der Waals surface area contributed by atoms with Gasteiger partial charge in [0.15, 0.2) is 0 Å². The fourth-order valence-corrected chi connectivity index (χ4v) is 2.01. The van der Waals surface area contributed by atoms with E-state index in [4.69, 9.17) is 0 Å². The van der Waals surface area contributed by atoms with Gasteiger partial charge in [0.25, 0.3) is 0 Å². The Hall–Kier alpha value is -2.12. The van der Waals surface area contributed by atoms with Crippen LogP contribution >= 0.6 is 0 Å². The maximum Gasteiger partial charge on any atom is 0.126 e. The summed E-state index contributed by atoms with van der Waals surface area (Å²) in [6.07, 6.45) is 3.00. The van der Waals surface area contributed by atoms with E-state index in [1.54, 1.807) is 0 Å². The molecule has 0 saturated carbocycles. The van der Waals surface area contributed by atoms with Gasteiger partial charge in [-0.05, 0) is 16.7 Å². The van der Waals surface area contributed by atoms with Gasteiger partial charge in [-0.25, -0.2) is 0 Å². The summed E-state index contributed by atoms with van der Waals surface area (Å²) in [5.74, 6) is 0. The SMILES string of the molecule is C=CC(O)(C=C)c1ccccc1-c1ccccc1. The van der Waals surface area contributed by atoms with Gasteiger partial charge in [-0.1, -0.05) is 79.9 Å². The minimum Gasteiger partial charge on any atom is -0.377 e. The van der Waals surface area contributed by atoms with E-state index in [-0.39, 0.29) is 0 Å². The average Bonchev–Trinajstić information content (AvgIpc) is 2.47. The Labute approximate surface area is 108 Å². The Balaban J connectivity index is 2.64. The minimum absolute atomic E-state index is 0.793. The fraction of sp³-hybridized carbons (Fsp3) is 0.0588. The van der Waals surface area contributed by atoms with Gasteiger partial charge in [0.05, 0.1) is 0 Å². The molecule has 0 spiro atoms. The molecule has 0 atom stereocenters. The first kappa shape index (κ1) is 12.3. The van der Waals surface area contributed by atoms with Crippen LogP contribution in [0.4, 0.5) is 0 Å². The lowest BCUT2D eigenvalue weighted by Gasteiger charge is -2.23. The molecule has 0 aliphatic carbocycles. The number of aliphatic hydroxyl groups is 1. The second-order valence-corrected chi connectivity index (χ2v) is 4.15. The van der Waals surface area contributed by atoms with Crippen molar-refractivity contribution in [3.05, 3.63) is 85.5 Å². The quantitative estimate of drug-likeness (QED) is 0.798. The Bertz CT molecular complexity index is 547. The van der Waals surface area contributed by atoms with Gasteiger partial charge in [0.2, 0.25) is 0 Å². The third-order valence-electron chi connectivity index (χ3n) is 3.07. The molecular formula is C17H16O. The van der Waals surface area contributed by atoms with E-state index in [0.29, 0.717) is 0 Å². The standard InChI is InChI=1S/C17H16O/c1-3-17(18,4-2)16-13-9-8-12-15(16)14-10-6-5-7-11-14/h3-13,18H,1-2H2. The zero-order valence-electron chi connectivity index (χ0n) is 10.2. The van der Waals surface area contributed by atoms with Crippen molar-refractivity contribution in [1.29, 1.82) is 0 Å². The third kappa shape index (κ3) is 2.13. The lowest BCUT2D eigenvalue weighted by molar-refractivity contribution is 0.145. The zero-order valence-corrected chi connectivity index (χ0v) is 10.2. The summed E-state index contributed by atoms with van der Waals surface area (Å²) in [5, 5.41) is 10.5. The summed E-state index contributed by atoms with van der Waals surface area (Å²) in [6.45, 7) is 7.39. The Morgan fingerprint density at radius 1 is 0.833 bits per heavy atom. The minimum atomic E-state index is -1.20. The molecule has 18 heavy (non-hydrogen) atoms. The summed E-state index contributed by atoms with van der Waals surface area (Å²) in [5.41, 5.74) is 1.64. The summed E-state index contributed by atoms with van der Waals surface area (Å²) < 4.78 is 0. The predicted octanol–water partition coefficient (Wildman–Crippen LogP) is 3.91. The van der Waals surface area contributed by atoms with Crippen LogP contribution in [-0.2, 0) is 5.60 Å². The van der Waals surface area contributed by atoms with Crippen molar-refractivity contribution in [2.75, 3.05) is 0 Å². The predicted molar refractivity (Wildman–Crippen MR) is 76.2 cm³/mol. The van der Waals surface area contributed by atoms with Crippen LogP contribution in [0.1, 0.15) is 5.56 Å². The molecule has 1 heteroatoms. The highest BCUT2D eigenvalue weighted by Gasteiger charge is 2.24. The molecule has 0 saturated heterocycles. The van der Waals surface area contributed by atoms with E-state index < -0.39 is 5.60 Å². The van der Waals surface area contributed by atoms with Crippen LogP contribution in [0.3, 0.4) is 0 Å². The molecule has 0 heterocycles.